The van der Waals surface area contributed by atoms with Gasteiger partial charge in [0.1, 0.15) is 0 Å². The summed E-state index contributed by atoms with van der Waals surface area (Å²) in [7, 11) is 0. The molecule has 0 aromatic carbocycles. The van der Waals surface area contributed by atoms with Gasteiger partial charge < -0.3 is 10.6 Å². The largest absolute Gasteiger partial charge is 0.330 e. The van der Waals surface area contributed by atoms with Crippen molar-refractivity contribution in [1.82, 2.24) is 4.90 Å². The zero-order chi connectivity index (χ0) is 9.68. The van der Waals surface area contributed by atoms with Crippen LogP contribution in [0.25, 0.3) is 0 Å². The second-order valence-corrected chi connectivity index (χ2v) is 3.72. The third-order valence-electron chi connectivity index (χ3n) is 2.60. The maximum Gasteiger partial charge on any atom is 0.239 e. The summed E-state index contributed by atoms with van der Waals surface area (Å²) in [4.78, 5) is 2.10. The smallest absolute Gasteiger partial charge is 0.239 e. The second kappa shape index (κ2) is 5.50. The fraction of sp³-hybridized carbons (Fsp3) is 1.00. The van der Waals surface area contributed by atoms with E-state index in [4.69, 9.17) is 5.73 Å². The van der Waals surface area contributed by atoms with Crippen molar-refractivity contribution >= 4 is 0 Å². The van der Waals surface area contributed by atoms with Crippen molar-refractivity contribution in [2.75, 3.05) is 26.2 Å². The van der Waals surface area contributed by atoms with Crippen LogP contribution in [-0.4, -0.2) is 37.5 Å². The Morgan fingerprint density at radius 1 is 1.46 bits per heavy atom. The molecule has 2 nitrogen and oxygen atoms in total. The first-order chi connectivity index (χ1) is 6.22. The molecule has 78 valence electrons. The maximum atomic E-state index is 11.9. The Balaban J connectivity index is 2.18. The molecule has 0 aromatic heterocycles. The third kappa shape index (κ3) is 4.00. The van der Waals surface area contributed by atoms with Crippen LogP contribution < -0.4 is 5.73 Å². The quantitative estimate of drug-likeness (QED) is 0.727. The molecule has 1 heterocycles. The van der Waals surface area contributed by atoms with E-state index < -0.39 is 6.43 Å². The summed E-state index contributed by atoms with van der Waals surface area (Å²) in [5, 5.41) is 0. The standard InChI is InChI=1S/C9H18F2N2/c10-9(11)3-5-13-4-1-2-8(6-12)7-13/h8-9H,1-7,12H2. The number of halogens is 2. The van der Waals surface area contributed by atoms with E-state index in [-0.39, 0.29) is 6.42 Å². The monoisotopic (exact) mass is 192 g/mol. The van der Waals surface area contributed by atoms with Crippen molar-refractivity contribution in [3.8, 4) is 0 Å². The molecule has 0 spiro atoms. The molecule has 4 heteroatoms. The van der Waals surface area contributed by atoms with Crippen LogP contribution in [0.5, 0.6) is 0 Å². The molecule has 0 saturated carbocycles. The maximum absolute atomic E-state index is 11.9. The van der Waals surface area contributed by atoms with Gasteiger partial charge in [0.05, 0.1) is 0 Å². The van der Waals surface area contributed by atoms with Crippen LogP contribution in [0.4, 0.5) is 8.78 Å². The summed E-state index contributed by atoms with van der Waals surface area (Å²) in [5.74, 6) is 0.520. The summed E-state index contributed by atoms with van der Waals surface area (Å²) < 4.78 is 23.8. The molecule has 0 bridgehead atoms. The highest BCUT2D eigenvalue weighted by Gasteiger charge is 2.18. The van der Waals surface area contributed by atoms with E-state index in [0.717, 1.165) is 25.9 Å². The van der Waals surface area contributed by atoms with E-state index in [0.29, 0.717) is 19.0 Å². The average Bonchev–Trinajstić information content (AvgIpc) is 2.15. The van der Waals surface area contributed by atoms with E-state index >= 15 is 0 Å². The van der Waals surface area contributed by atoms with Gasteiger partial charge in [-0.25, -0.2) is 8.78 Å². The van der Waals surface area contributed by atoms with Gasteiger partial charge in [0.25, 0.3) is 0 Å². The fourth-order valence-corrected chi connectivity index (χ4v) is 1.83. The molecule has 1 aliphatic heterocycles. The molecular formula is C9H18F2N2. The number of nitrogens with two attached hydrogens (primary N) is 1. The number of hydrogen-bond acceptors (Lipinski definition) is 2. The van der Waals surface area contributed by atoms with Crippen LogP contribution in [0, 0.1) is 5.92 Å². The lowest BCUT2D eigenvalue weighted by Gasteiger charge is -2.31. The van der Waals surface area contributed by atoms with Crippen molar-refractivity contribution in [1.29, 1.82) is 0 Å². The minimum Gasteiger partial charge on any atom is -0.330 e. The lowest BCUT2D eigenvalue weighted by atomic mass is 9.98. The molecule has 1 fully saturated rings. The van der Waals surface area contributed by atoms with Crippen molar-refractivity contribution in [2.45, 2.75) is 25.7 Å². The molecule has 13 heavy (non-hydrogen) atoms. The molecule has 0 aliphatic carbocycles. The predicted octanol–water partition coefficient (Wildman–Crippen LogP) is 1.31. The third-order valence-corrected chi connectivity index (χ3v) is 2.60. The SMILES string of the molecule is NCC1CCCN(CCC(F)F)C1. The van der Waals surface area contributed by atoms with Gasteiger partial charge in [-0.2, -0.15) is 0 Å². The lowest BCUT2D eigenvalue weighted by Crippen LogP contribution is -2.39. The van der Waals surface area contributed by atoms with Gasteiger partial charge >= 0.3 is 0 Å². The molecule has 0 amide bonds. The number of nitrogens with zero attached hydrogens (tertiary/aromatic N) is 1. The normalized spacial score (nSPS) is 25.4. The summed E-state index contributed by atoms with van der Waals surface area (Å²) in [6, 6.07) is 0. The minimum atomic E-state index is -2.17. The van der Waals surface area contributed by atoms with E-state index in [2.05, 4.69) is 4.90 Å². The van der Waals surface area contributed by atoms with E-state index in [1.54, 1.807) is 0 Å². The first-order valence-electron chi connectivity index (χ1n) is 4.93. The molecule has 1 rings (SSSR count). The Morgan fingerprint density at radius 2 is 2.23 bits per heavy atom. The number of alkyl halides is 2. The van der Waals surface area contributed by atoms with Crippen LogP contribution in [0.15, 0.2) is 0 Å². The fourth-order valence-electron chi connectivity index (χ4n) is 1.83. The molecule has 0 aromatic rings. The van der Waals surface area contributed by atoms with Gasteiger partial charge in [0.2, 0.25) is 6.43 Å². The highest BCUT2D eigenvalue weighted by molar-refractivity contribution is 4.73. The van der Waals surface area contributed by atoms with Gasteiger partial charge in [-0.15, -0.1) is 0 Å². The lowest BCUT2D eigenvalue weighted by molar-refractivity contribution is 0.100. The zero-order valence-electron chi connectivity index (χ0n) is 7.88. The highest BCUT2D eigenvalue weighted by atomic mass is 19.3. The van der Waals surface area contributed by atoms with Gasteiger partial charge in [-0.05, 0) is 31.8 Å². The number of rotatable bonds is 4. The minimum absolute atomic E-state index is 0.00269. The van der Waals surface area contributed by atoms with Crippen LogP contribution in [0.2, 0.25) is 0 Å². The van der Waals surface area contributed by atoms with E-state index in [1.807, 2.05) is 0 Å². The van der Waals surface area contributed by atoms with Crippen LogP contribution in [0.1, 0.15) is 19.3 Å². The van der Waals surface area contributed by atoms with Crippen molar-refractivity contribution in [3.05, 3.63) is 0 Å². The van der Waals surface area contributed by atoms with Crippen LogP contribution in [0.3, 0.4) is 0 Å². The molecule has 2 N–H and O–H groups in total. The zero-order valence-corrected chi connectivity index (χ0v) is 7.88. The van der Waals surface area contributed by atoms with Crippen LogP contribution in [-0.2, 0) is 0 Å². The van der Waals surface area contributed by atoms with Crippen LogP contribution >= 0.6 is 0 Å². The van der Waals surface area contributed by atoms with Gasteiger partial charge in [0.15, 0.2) is 0 Å². The van der Waals surface area contributed by atoms with Gasteiger partial charge in [-0.1, -0.05) is 0 Å². The average molecular weight is 192 g/mol. The highest BCUT2D eigenvalue weighted by Crippen LogP contribution is 2.15. The molecule has 1 unspecified atom stereocenters. The number of hydrogen-bond donors (Lipinski definition) is 1. The molecule has 1 atom stereocenters. The summed E-state index contributed by atoms with van der Waals surface area (Å²) >= 11 is 0. The second-order valence-electron chi connectivity index (χ2n) is 3.72. The molecular weight excluding hydrogens is 174 g/mol. The Morgan fingerprint density at radius 3 is 2.85 bits per heavy atom. The Labute approximate surface area is 78.1 Å². The summed E-state index contributed by atoms with van der Waals surface area (Å²) in [6.07, 6.45) is 0.0858. The van der Waals surface area contributed by atoms with Crippen molar-refractivity contribution in [3.63, 3.8) is 0 Å². The molecule has 1 aliphatic rings. The first kappa shape index (κ1) is 10.9. The van der Waals surface area contributed by atoms with Gasteiger partial charge in [-0.3, -0.25) is 0 Å². The van der Waals surface area contributed by atoms with Crippen molar-refractivity contribution < 1.29 is 8.78 Å². The Hall–Kier alpha value is -0.220. The van der Waals surface area contributed by atoms with E-state index in [9.17, 15) is 8.78 Å². The first-order valence-corrected chi connectivity index (χ1v) is 4.93. The van der Waals surface area contributed by atoms with E-state index in [1.165, 1.54) is 0 Å². The summed E-state index contributed by atoms with van der Waals surface area (Å²) in [5.41, 5.74) is 5.55. The van der Waals surface area contributed by atoms with Gasteiger partial charge in [0, 0.05) is 19.5 Å². The summed E-state index contributed by atoms with van der Waals surface area (Å²) in [6.45, 7) is 3.08. The Bertz CT molecular complexity index is 142. The predicted molar refractivity (Wildman–Crippen MR) is 48.8 cm³/mol. The Kier molecular flexibility index (Phi) is 4.59. The molecule has 1 saturated heterocycles. The molecule has 0 radical (unpaired) electrons. The number of likely N-dealkylation sites (tertiary alicyclic amines) is 1. The number of piperidine rings is 1. The van der Waals surface area contributed by atoms with Crippen molar-refractivity contribution in [2.24, 2.45) is 11.7 Å². The topological polar surface area (TPSA) is 29.3 Å².